The van der Waals surface area contributed by atoms with Crippen molar-refractivity contribution in [2.45, 2.75) is 12.7 Å². The standard InChI is InChI=1S/C8H8ClF3N2/c1-13-3-5-2-6(8(10,11)12)4-14-7(5)9/h2,4,13H,3H2,1H3. The molecule has 0 aromatic carbocycles. The number of halogens is 4. The monoisotopic (exact) mass is 224 g/mol. The molecule has 0 aliphatic heterocycles. The highest BCUT2D eigenvalue weighted by molar-refractivity contribution is 6.30. The average molecular weight is 225 g/mol. The van der Waals surface area contributed by atoms with Gasteiger partial charge < -0.3 is 5.32 Å². The van der Waals surface area contributed by atoms with E-state index in [4.69, 9.17) is 11.6 Å². The maximum Gasteiger partial charge on any atom is 0.417 e. The fourth-order valence-corrected chi connectivity index (χ4v) is 1.13. The van der Waals surface area contributed by atoms with Gasteiger partial charge in [-0.2, -0.15) is 13.2 Å². The topological polar surface area (TPSA) is 24.9 Å². The molecule has 0 radical (unpaired) electrons. The molecule has 0 amide bonds. The smallest absolute Gasteiger partial charge is 0.316 e. The van der Waals surface area contributed by atoms with Crippen LogP contribution in [0.5, 0.6) is 0 Å². The van der Waals surface area contributed by atoms with Crippen molar-refractivity contribution in [2.75, 3.05) is 7.05 Å². The van der Waals surface area contributed by atoms with Crippen molar-refractivity contribution in [1.82, 2.24) is 10.3 Å². The van der Waals surface area contributed by atoms with Crippen LogP contribution in [0, 0.1) is 0 Å². The fourth-order valence-electron chi connectivity index (χ4n) is 0.963. The van der Waals surface area contributed by atoms with E-state index in [2.05, 4.69) is 10.3 Å². The van der Waals surface area contributed by atoms with E-state index in [9.17, 15) is 13.2 Å². The van der Waals surface area contributed by atoms with Gasteiger partial charge in [0, 0.05) is 18.3 Å². The predicted molar refractivity (Wildman–Crippen MR) is 47.0 cm³/mol. The molecule has 0 aliphatic rings. The van der Waals surface area contributed by atoms with Gasteiger partial charge in [0.15, 0.2) is 0 Å². The molecular formula is C8H8ClF3N2. The van der Waals surface area contributed by atoms with E-state index >= 15 is 0 Å². The normalized spacial score (nSPS) is 11.8. The first-order valence-electron chi connectivity index (χ1n) is 3.81. The summed E-state index contributed by atoms with van der Waals surface area (Å²) < 4.78 is 36.7. The van der Waals surface area contributed by atoms with Gasteiger partial charge in [0.25, 0.3) is 0 Å². The fraction of sp³-hybridized carbons (Fsp3) is 0.375. The number of hydrogen-bond donors (Lipinski definition) is 1. The lowest BCUT2D eigenvalue weighted by Crippen LogP contribution is -2.10. The van der Waals surface area contributed by atoms with E-state index in [1.54, 1.807) is 7.05 Å². The van der Waals surface area contributed by atoms with Crippen LogP contribution in [0.15, 0.2) is 12.3 Å². The largest absolute Gasteiger partial charge is 0.417 e. The minimum Gasteiger partial charge on any atom is -0.316 e. The van der Waals surface area contributed by atoms with Crippen molar-refractivity contribution in [3.05, 3.63) is 28.5 Å². The summed E-state index contributed by atoms with van der Waals surface area (Å²) in [4.78, 5) is 3.47. The molecule has 1 aromatic rings. The van der Waals surface area contributed by atoms with E-state index in [1.165, 1.54) is 0 Å². The summed E-state index contributed by atoms with van der Waals surface area (Å²) in [5.41, 5.74) is -0.448. The van der Waals surface area contributed by atoms with Crippen LogP contribution in [-0.2, 0) is 12.7 Å². The molecule has 0 fully saturated rings. The molecule has 0 atom stereocenters. The van der Waals surface area contributed by atoms with Gasteiger partial charge in [-0.15, -0.1) is 0 Å². The Bertz CT molecular complexity index is 325. The van der Waals surface area contributed by atoms with Crippen LogP contribution in [-0.4, -0.2) is 12.0 Å². The number of rotatable bonds is 2. The second kappa shape index (κ2) is 4.14. The Balaban J connectivity index is 3.06. The molecule has 14 heavy (non-hydrogen) atoms. The highest BCUT2D eigenvalue weighted by atomic mass is 35.5. The van der Waals surface area contributed by atoms with Crippen molar-refractivity contribution in [1.29, 1.82) is 0 Å². The number of pyridine rings is 1. The van der Waals surface area contributed by atoms with E-state index in [0.717, 1.165) is 12.3 Å². The predicted octanol–water partition coefficient (Wildman–Crippen LogP) is 2.47. The number of nitrogens with zero attached hydrogens (tertiary/aromatic N) is 1. The second-order valence-electron chi connectivity index (χ2n) is 2.70. The maximum atomic E-state index is 12.2. The van der Waals surface area contributed by atoms with Gasteiger partial charge in [-0.3, -0.25) is 0 Å². The minimum atomic E-state index is -4.37. The molecule has 1 N–H and O–H groups in total. The summed E-state index contributed by atoms with van der Waals surface area (Å²) in [6.07, 6.45) is -3.65. The maximum absolute atomic E-state index is 12.2. The van der Waals surface area contributed by atoms with Gasteiger partial charge in [-0.05, 0) is 13.1 Å². The van der Waals surface area contributed by atoms with Crippen LogP contribution in [0.25, 0.3) is 0 Å². The molecule has 6 heteroatoms. The summed E-state index contributed by atoms with van der Waals surface area (Å²) in [6.45, 7) is 0.260. The van der Waals surface area contributed by atoms with Crippen LogP contribution in [0.1, 0.15) is 11.1 Å². The van der Waals surface area contributed by atoms with Crippen molar-refractivity contribution in [3.8, 4) is 0 Å². The van der Waals surface area contributed by atoms with Crippen LogP contribution in [0.2, 0.25) is 5.15 Å². The van der Waals surface area contributed by atoms with E-state index in [1.807, 2.05) is 0 Å². The number of nitrogens with one attached hydrogen (secondary N) is 1. The van der Waals surface area contributed by atoms with Crippen LogP contribution < -0.4 is 5.32 Å². The van der Waals surface area contributed by atoms with Crippen molar-refractivity contribution in [2.24, 2.45) is 0 Å². The zero-order chi connectivity index (χ0) is 10.8. The quantitative estimate of drug-likeness (QED) is 0.781. The van der Waals surface area contributed by atoms with Crippen molar-refractivity contribution in [3.63, 3.8) is 0 Å². The third kappa shape index (κ3) is 2.59. The first kappa shape index (κ1) is 11.3. The van der Waals surface area contributed by atoms with Crippen molar-refractivity contribution < 1.29 is 13.2 Å². The highest BCUT2D eigenvalue weighted by Crippen LogP contribution is 2.30. The van der Waals surface area contributed by atoms with E-state index in [-0.39, 0.29) is 11.7 Å². The summed E-state index contributed by atoms with van der Waals surface area (Å²) >= 11 is 5.61. The zero-order valence-corrected chi connectivity index (χ0v) is 8.08. The molecule has 0 aliphatic carbocycles. The van der Waals surface area contributed by atoms with Gasteiger partial charge in [-0.25, -0.2) is 4.98 Å². The molecule has 0 saturated heterocycles. The van der Waals surface area contributed by atoms with E-state index in [0.29, 0.717) is 5.56 Å². The third-order valence-corrected chi connectivity index (χ3v) is 1.95. The summed E-state index contributed by atoms with van der Waals surface area (Å²) in [6, 6.07) is 0.992. The van der Waals surface area contributed by atoms with Gasteiger partial charge in [-0.1, -0.05) is 11.6 Å². The molecular weight excluding hydrogens is 217 g/mol. The molecule has 1 aromatic heterocycles. The Labute approximate surface area is 84.1 Å². The number of hydrogen-bond acceptors (Lipinski definition) is 2. The van der Waals surface area contributed by atoms with Crippen LogP contribution in [0.4, 0.5) is 13.2 Å². The third-order valence-electron chi connectivity index (χ3n) is 1.61. The Morgan fingerprint density at radius 2 is 2.14 bits per heavy atom. The molecule has 0 spiro atoms. The number of alkyl halides is 3. The SMILES string of the molecule is CNCc1cc(C(F)(F)F)cnc1Cl. The van der Waals surface area contributed by atoms with Gasteiger partial charge in [0.1, 0.15) is 5.15 Å². The lowest BCUT2D eigenvalue weighted by Gasteiger charge is -2.09. The zero-order valence-electron chi connectivity index (χ0n) is 7.32. The molecule has 1 heterocycles. The Kier molecular flexibility index (Phi) is 3.34. The summed E-state index contributed by atoms with van der Waals surface area (Å²) in [5, 5.41) is 2.80. The average Bonchev–Trinajstić information content (AvgIpc) is 2.07. The van der Waals surface area contributed by atoms with Crippen LogP contribution in [0.3, 0.4) is 0 Å². The molecule has 78 valence electrons. The number of aromatic nitrogens is 1. The lowest BCUT2D eigenvalue weighted by atomic mass is 10.2. The molecule has 1 rings (SSSR count). The Morgan fingerprint density at radius 1 is 1.50 bits per heavy atom. The highest BCUT2D eigenvalue weighted by Gasteiger charge is 2.31. The van der Waals surface area contributed by atoms with Gasteiger partial charge >= 0.3 is 6.18 Å². The molecule has 0 saturated carbocycles. The van der Waals surface area contributed by atoms with Gasteiger partial charge in [0.05, 0.1) is 5.56 Å². The molecule has 0 bridgehead atoms. The second-order valence-corrected chi connectivity index (χ2v) is 3.06. The first-order valence-corrected chi connectivity index (χ1v) is 4.19. The lowest BCUT2D eigenvalue weighted by molar-refractivity contribution is -0.137. The van der Waals surface area contributed by atoms with E-state index < -0.39 is 11.7 Å². The van der Waals surface area contributed by atoms with Crippen LogP contribution >= 0.6 is 11.6 Å². The molecule has 2 nitrogen and oxygen atoms in total. The first-order chi connectivity index (χ1) is 6.45. The Hall–Kier alpha value is -0.810. The Morgan fingerprint density at radius 3 is 2.64 bits per heavy atom. The van der Waals surface area contributed by atoms with Gasteiger partial charge in [0.2, 0.25) is 0 Å². The summed E-state index contributed by atoms with van der Waals surface area (Å²) in [5.74, 6) is 0. The summed E-state index contributed by atoms with van der Waals surface area (Å²) in [7, 11) is 1.62. The molecule has 0 unspecified atom stereocenters. The minimum absolute atomic E-state index is 0.0901. The van der Waals surface area contributed by atoms with Crippen molar-refractivity contribution >= 4 is 11.6 Å².